The molecule has 0 aliphatic carbocycles. The van der Waals surface area contributed by atoms with Crippen molar-refractivity contribution in [1.29, 1.82) is 0 Å². The van der Waals surface area contributed by atoms with E-state index in [4.69, 9.17) is 10.2 Å². The van der Waals surface area contributed by atoms with Crippen molar-refractivity contribution in [3.63, 3.8) is 0 Å². The van der Waals surface area contributed by atoms with Crippen LogP contribution in [0.4, 0.5) is 13.2 Å². The van der Waals surface area contributed by atoms with Gasteiger partial charge in [-0.15, -0.1) is 11.8 Å². The molecule has 0 amide bonds. The topological polar surface area (TPSA) is 57.5 Å². The molecule has 0 aliphatic heterocycles. The average molecular weight is 280 g/mol. The molecular weight excluding hydrogens is 269 g/mol. The predicted octanol–water partition coefficient (Wildman–Crippen LogP) is 2.88. The Balaban J connectivity index is 3.16. The molecule has 1 atom stereocenters. The van der Waals surface area contributed by atoms with E-state index in [1.807, 2.05) is 0 Å². The predicted molar refractivity (Wildman–Crippen MR) is 60.8 cm³/mol. The van der Waals surface area contributed by atoms with Crippen LogP contribution < -0.4 is 0 Å². The number of aromatic carboxylic acids is 1. The number of carbonyl (C=O) groups is 1. The van der Waals surface area contributed by atoms with Crippen molar-refractivity contribution < 1.29 is 28.2 Å². The van der Waals surface area contributed by atoms with Crippen molar-refractivity contribution in [2.75, 3.05) is 6.61 Å². The van der Waals surface area contributed by atoms with Crippen LogP contribution in [0, 0.1) is 0 Å². The number of hydrogen-bond donors (Lipinski definition) is 2. The maximum Gasteiger partial charge on any atom is 0.417 e. The summed E-state index contributed by atoms with van der Waals surface area (Å²) in [6, 6.07) is 2.92. The van der Waals surface area contributed by atoms with Crippen molar-refractivity contribution >= 4 is 17.7 Å². The molecule has 0 heterocycles. The summed E-state index contributed by atoms with van der Waals surface area (Å²) in [5.41, 5.74) is -1.95. The lowest BCUT2D eigenvalue weighted by atomic mass is 10.1. The summed E-state index contributed by atoms with van der Waals surface area (Å²) in [4.78, 5) is 11.2. The summed E-state index contributed by atoms with van der Waals surface area (Å²) in [5.74, 6) is -1.62. The van der Waals surface area contributed by atoms with E-state index in [0.717, 1.165) is 23.9 Å². The van der Waals surface area contributed by atoms with E-state index in [2.05, 4.69) is 0 Å². The van der Waals surface area contributed by atoms with E-state index in [1.54, 1.807) is 6.92 Å². The van der Waals surface area contributed by atoms with Crippen LogP contribution in [-0.4, -0.2) is 28.0 Å². The highest BCUT2D eigenvalue weighted by Gasteiger charge is 2.35. The molecule has 18 heavy (non-hydrogen) atoms. The maximum atomic E-state index is 12.6. The monoisotopic (exact) mass is 280 g/mol. The molecule has 7 heteroatoms. The number of aliphatic hydroxyl groups excluding tert-OH is 1. The first-order valence-corrected chi connectivity index (χ1v) is 5.85. The number of aliphatic hydroxyl groups is 1. The molecule has 1 unspecified atom stereocenters. The van der Waals surface area contributed by atoms with Gasteiger partial charge in [0.05, 0.1) is 17.7 Å². The Morgan fingerprint density at radius 2 is 2.06 bits per heavy atom. The lowest BCUT2D eigenvalue weighted by Gasteiger charge is -2.13. The summed E-state index contributed by atoms with van der Waals surface area (Å²) < 4.78 is 37.7. The van der Waals surface area contributed by atoms with Gasteiger partial charge in [-0.25, -0.2) is 4.79 Å². The number of hydrogen-bond acceptors (Lipinski definition) is 3. The van der Waals surface area contributed by atoms with Crippen LogP contribution >= 0.6 is 11.8 Å². The largest absolute Gasteiger partial charge is 0.478 e. The zero-order valence-corrected chi connectivity index (χ0v) is 10.2. The fourth-order valence-electron chi connectivity index (χ4n) is 1.29. The van der Waals surface area contributed by atoms with E-state index in [0.29, 0.717) is 4.90 Å². The highest BCUT2D eigenvalue weighted by atomic mass is 32.2. The van der Waals surface area contributed by atoms with Crippen LogP contribution in [0.1, 0.15) is 22.8 Å². The number of rotatable bonds is 4. The Bertz CT molecular complexity index is 446. The molecule has 1 aromatic rings. The van der Waals surface area contributed by atoms with Gasteiger partial charge in [0, 0.05) is 10.1 Å². The Morgan fingerprint density at radius 1 is 1.44 bits per heavy atom. The third-order valence-electron chi connectivity index (χ3n) is 2.12. The number of benzene rings is 1. The Morgan fingerprint density at radius 3 is 2.50 bits per heavy atom. The third-order valence-corrected chi connectivity index (χ3v) is 3.20. The molecule has 0 aliphatic rings. The third kappa shape index (κ3) is 3.64. The zero-order valence-electron chi connectivity index (χ0n) is 9.36. The van der Waals surface area contributed by atoms with Crippen molar-refractivity contribution in [1.82, 2.24) is 0 Å². The van der Waals surface area contributed by atoms with Crippen LogP contribution in [0.15, 0.2) is 23.1 Å². The maximum absolute atomic E-state index is 12.6. The van der Waals surface area contributed by atoms with Gasteiger partial charge in [-0.2, -0.15) is 13.2 Å². The molecule has 0 fully saturated rings. The summed E-state index contributed by atoms with van der Waals surface area (Å²) >= 11 is 1.11. The first-order valence-electron chi connectivity index (χ1n) is 4.97. The molecule has 1 aromatic carbocycles. The lowest BCUT2D eigenvalue weighted by Crippen LogP contribution is -2.13. The van der Waals surface area contributed by atoms with Crippen LogP contribution in [-0.2, 0) is 6.18 Å². The van der Waals surface area contributed by atoms with Crippen molar-refractivity contribution in [3.8, 4) is 0 Å². The van der Waals surface area contributed by atoms with Crippen LogP contribution in [0.25, 0.3) is 0 Å². The van der Waals surface area contributed by atoms with Gasteiger partial charge in [-0.3, -0.25) is 0 Å². The van der Waals surface area contributed by atoms with Crippen molar-refractivity contribution in [2.24, 2.45) is 0 Å². The summed E-state index contributed by atoms with van der Waals surface area (Å²) in [7, 11) is 0. The second-order valence-corrected chi connectivity index (χ2v) is 5.13. The molecule has 100 valence electrons. The number of carboxylic acid groups (broad SMARTS) is 1. The van der Waals surface area contributed by atoms with E-state index >= 15 is 0 Å². The average Bonchev–Trinajstić information content (AvgIpc) is 2.27. The lowest BCUT2D eigenvalue weighted by molar-refractivity contribution is -0.138. The SMILES string of the molecule is CC(CO)Sc1ccc(C(F)(F)F)c(C(=O)O)c1. The van der Waals surface area contributed by atoms with Crippen molar-refractivity contribution in [3.05, 3.63) is 29.3 Å². The summed E-state index contributed by atoms with van der Waals surface area (Å²) in [5, 5.41) is 17.4. The molecule has 0 spiro atoms. The van der Waals surface area contributed by atoms with Gasteiger partial charge in [0.25, 0.3) is 0 Å². The molecule has 1 rings (SSSR count). The van der Waals surface area contributed by atoms with Gasteiger partial charge in [-0.1, -0.05) is 6.92 Å². The molecule has 0 saturated heterocycles. The standard InChI is InChI=1S/C11H11F3O3S/c1-6(5-15)18-7-2-3-9(11(12,13)14)8(4-7)10(16)17/h2-4,6,15H,5H2,1H3,(H,16,17). The number of alkyl halides is 3. The molecule has 0 bridgehead atoms. The summed E-state index contributed by atoms with van der Waals surface area (Å²) in [6.45, 7) is 1.54. The minimum Gasteiger partial charge on any atom is -0.478 e. The van der Waals surface area contributed by atoms with Gasteiger partial charge < -0.3 is 10.2 Å². The molecule has 3 nitrogen and oxygen atoms in total. The van der Waals surface area contributed by atoms with E-state index in [9.17, 15) is 18.0 Å². The molecular formula is C11H11F3O3S. The minimum absolute atomic E-state index is 0.145. The van der Waals surface area contributed by atoms with E-state index in [1.165, 1.54) is 6.07 Å². The number of thioether (sulfide) groups is 1. The second-order valence-electron chi connectivity index (χ2n) is 3.62. The zero-order chi connectivity index (χ0) is 13.9. The minimum atomic E-state index is -4.69. The molecule has 0 saturated carbocycles. The van der Waals surface area contributed by atoms with Crippen LogP contribution in [0.2, 0.25) is 0 Å². The smallest absolute Gasteiger partial charge is 0.417 e. The van der Waals surface area contributed by atoms with Gasteiger partial charge >= 0.3 is 12.1 Å². The fraction of sp³-hybridized carbons (Fsp3) is 0.364. The Hall–Kier alpha value is -1.21. The Labute approximate surface area is 106 Å². The first kappa shape index (κ1) is 14.8. The molecule has 0 radical (unpaired) electrons. The van der Waals surface area contributed by atoms with Crippen LogP contribution in [0.5, 0.6) is 0 Å². The fourth-order valence-corrected chi connectivity index (χ4v) is 2.16. The Kier molecular flexibility index (Phi) is 4.64. The molecule has 2 N–H and O–H groups in total. The number of carboxylic acids is 1. The highest BCUT2D eigenvalue weighted by Crippen LogP contribution is 2.34. The second kappa shape index (κ2) is 5.62. The van der Waals surface area contributed by atoms with Crippen molar-refractivity contribution in [2.45, 2.75) is 23.2 Å². The van der Waals surface area contributed by atoms with E-state index < -0.39 is 23.3 Å². The van der Waals surface area contributed by atoms with E-state index in [-0.39, 0.29) is 11.9 Å². The highest BCUT2D eigenvalue weighted by molar-refractivity contribution is 8.00. The van der Waals surface area contributed by atoms with Gasteiger partial charge in [0.15, 0.2) is 0 Å². The van der Waals surface area contributed by atoms with Gasteiger partial charge in [-0.05, 0) is 18.2 Å². The summed E-state index contributed by atoms with van der Waals surface area (Å²) in [6.07, 6.45) is -4.69. The normalized spacial score (nSPS) is 13.4. The number of halogens is 3. The quantitative estimate of drug-likeness (QED) is 0.833. The first-order chi connectivity index (χ1) is 8.25. The van der Waals surface area contributed by atoms with Crippen LogP contribution in [0.3, 0.4) is 0 Å². The molecule has 0 aromatic heterocycles. The van der Waals surface area contributed by atoms with Gasteiger partial charge in [0.2, 0.25) is 0 Å². The van der Waals surface area contributed by atoms with Gasteiger partial charge in [0.1, 0.15) is 0 Å².